The van der Waals surface area contributed by atoms with Gasteiger partial charge in [0.05, 0.1) is 12.5 Å². The molecule has 2 aromatic rings. The van der Waals surface area contributed by atoms with E-state index in [0.717, 1.165) is 18.7 Å². The van der Waals surface area contributed by atoms with Crippen LogP contribution in [0.3, 0.4) is 0 Å². The van der Waals surface area contributed by atoms with E-state index >= 15 is 0 Å². The molecule has 1 unspecified atom stereocenters. The summed E-state index contributed by atoms with van der Waals surface area (Å²) in [6.07, 6.45) is 4.77. The third-order valence-electron chi connectivity index (χ3n) is 3.11. The van der Waals surface area contributed by atoms with E-state index in [-0.39, 0.29) is 18.6 Å². The Balaban J connectivity index is 1.75. The Hall–Kier alpha value is -2.35. The van der Waals surface area contributed by atoms with Gasteiger partial charge >= 0.3 is 6.03 Å². The minimum absolute atomic E-state index is 0.0341. The van der Waals surface area contributed by atoms with Gasteiger partial charge in [-0.15, -0.1) is 5.10 Å². The number of hydrogen-bond donors (Lipinski definition) is 3. The summed E-state index contributed by atoms with van der Waals surface area (Å²) in [5, 5.41) is 22.4. The first-order valence-electron chi connectivity index (χ1n) is 7.29. The number of aryl methyl sites for hydroxylation is 1. The second-order valence-corrected chi connectivity index (χ2v) is 5.03. The van der Waals surface area contributed by atoms with Gasteiger partial charge in [-0.1, -0.05) is 12.1 Å². The van der Waals surface area contributed by atoms with E-state index in [1.165, 1.54) is 0 Å². The fraction of sp³-hybridized carbons (Fsp3) is 0.500. The maximum absolute atomic E-state index is 11.8. The minimum Gasteiger partial charge on any atom is -0.469 e. The smallest absolute Gasteiger partial charge is 0.320 e. The third kappa shape index (κ3) is 4.88. The predicted octanol–water partition coefficient (Wildman–Crippen LogP) is 1.25. The molecule has 1 atom stereocenters. The fourth-order valence-electron chi connectivity index (χ4n) is 2.01. The standard InChI is InChI=1S/C14H21N5O3/c1-2-5-19-9-13(17-18-19)16-14(21)15-8-11(10-20)7-12-4-3-6-22-12/h3-4,6,9,11,20H,2,5,7-8,10H2,1H3,(H2,15,16,21). The van der Waals surface area contributed by atoms with Crippen LogP contribution in [0.2, 0.25) is 0 Å². The highest BCUT2D eigenvalue weighted by Crippen LogP contribution is 2.08. The molecule has 2 heterocycles. The number of rotatable bonds is 8. The molecule has 0 aliphatic rings. The van der Waals surface area contributed by atoms with Crippen LogP contribution in [0.4, 0.5) is 10.6 Å². The summed E-state index contributed by atoms with van der Waals surface area (Å²) < 4.78 is 6.90. The summed E-state index contributed by atoms with van der Waals surface area (Å²) in [6, 6.07) is 3.26. The van der Waals surface area contributed by atoms with Crippen LogP contribution in [0.5, 0.6) is 0 Å². The SMILES string of the molecule is CCCn1cc(NC(=O)NCC(CO)Cc2ccco2)nn1. The lowest BCUT2D eigenvalue weighted by molar-refractivity contribution is 0.213. The maximum Gasteiger partial charge on any atom is 0.320 e. The van der Waals surface area contributed by atoms with Gasteiger partial charge in [0.15, 0.2) is 5.82 Å². The van der Waals surface area contributed by atoms with Crippen molar-refractivity contribution < 1.29 is 14.3 Å². The van der Waals surface area contributed by atoms with E-state index in [1.807, 2.05) is 13.0 Å². The maximum atomic E-state index is 11.8. The molecule has 0 saturated carbocycles. The number of aromatic nitrogens is 3. The monoisotopic (exact) mass is 307 g/mol. The molecule has 120 valence electrons. The molecular formula is C14H21N5O3. The first kappa shape index (κ1) is 16.0. The van der Waals surface area contributed by atoms with Crippen molar-refractivity contribution in [3.05, 3.63) is 30.4 Å². The Morgan fingerprint density at radius 2 is 2.41 bits per heavy atom. The van der Waals surface area contributed by atoms with Crippen LogP contribution in [-0.4, -0.2) is 39.3 Å². The van der Waals surface area contributed by atoms with Crippen LogP contribution in [0.15, 0.2) is 29.0 Å². The normalized spacial score (nSPS) is 12.1. The number of aliphatic hydroxyl groups is 1. The number of urea groups is 1. The van der Waals surface area contributed by atoms with Crippen LogP contribution >= 0.6 is 0 Å². The van der Waals surface area contributed by atoms with Crippen molar-refractivity contribution in [2.45, 2.75) is 26.3 Å². The molecule has 0 aromatic carbocycles. The largest absolute Gasteiger partial charge is 0.469 e. The highest BCUT2D eigenvalue weighted by Gasteiger charge is 2.13. The molecule has 0 aliphatic heterocycles. The van der Waals surface area contributed by atoms with Gasteiger partial charge in [-0.25, -0.2) is 4.79 Å². The summed E-state index contributed by atoms with van der Waals surface area (Å²) >= 11 is 0. The highest BCUT2D eigenvalue weighted by molar-refractivity contribution is 5.87. The van der Waals surface area contributed by atoms with Crippen LogP contribution in [0.1, 0.15) is 19.1 Å². The average Bonchev–Trinajstić information content (AvgIpc) is 3.16. The Kier molecular flexibility index (Phi) is 5.96. The molecule has 0 aliphatic carbocycles. The van der Waals surface area contributed by atoms with Crippen molar-refractivity contribution in [3.63, 3.8) is 0 Å². The zero-order valence-corrected chi connectivity index (χ0v) is 12.5. The van der Waals surface area contributed by atoms with Gasteiger partial charge in [0.2, 0.25) is 0 Å². The summed E-state index contributed by atoms with van der Waals surface area (Å²) in [5.41, 5.74) is 0. The number of anilines is 1. The minimum atomic E-state index is -0.374. The number of nitrogens with one attached hydrogen (secondary N) is 2. The Morgan fingerprint density at radius 1 is 1.55 bits per heavy atom. The summed E-state index contributed by atoms with van der Waals surface area (Å²) in [7, 11) is 0. The molecule has 0 saturated heterocycles. The molecule has 2 rings (SSSR count). The van der Waals surface area contributed by atoms with Gasteiger partial charge in [-0.05, 0) is 18.6 Å². The summed E-state index contributed by atoms with van der Waals surface area (Å²) in [4.78, 5) is 11.8. The molecule has 8 nitrogen and oxygen atoms in total. The number of furan rings is 1. The van der Waals surface area contributed by atoms with E-state index < -0.39 is 0 Å². The zero-order valence-electron chi connectivity index (χ0n) is 12.5. The van der Waals surface area contributed by atoms with Gasteiger partial charge in [0, 0.05) is 32.0 Å². The first-order valence-corrected chi connectivity index (χ1v) is 7.29. The number of hydrogen-bond acceptors (Lipinski definition) is 5. The first-order chi connectivity index (χ1) is 10.7. The zero-order chi connectivity index (χ0) is 15.8. The van der Waals surface area contributed by atoms with E-state index in [2.05, 4.69) is 20.9 Å². The molecule has 2 amide bonds. The second kappa shape index (κ2) is 8.18. The number of aliphatic hydroxyl groups excluding tert-OH is 1. The van der Waals surface area contributed by atoms with Crippen molar-refractivity contribution in [1.29, 1.82) is 0 Å². The van der Waals surface area contributed by atoms with Gasteiger partial charge < -0.3 is 14.8 Å². The Morgan fingerprint density at radius 3 is 3.09 bits per heavy atom. The quantitative estimate of drug-likeness (QED) is 0.681. The van der Waals surface area contributed by atoms with Crippen LogP contribution in [0.25, 0.3) is 0 Å². The lowest BCUT2D eigenvalue weighted by Gasteiger charge is -2.13. The van der Waals surface area contributed by atoms with E-state index in [1.54, 1.807) is 23.2 Å². The van der Waals surface area contributed by atoms with Crippen molar-refractivity contribution in [2.24, 2.45) is 5.92 Å². The van der Waals surface area contributed by atoms with Crippen LogP contribution < -0.4 is 10.6 Å². The number of carbonyl (C=O) groups is 1. The van der Waals surface area contributed by atoms with E-state index in [0.29, 0.717) is 18.8 Å². The lowest BCUT2D eigenvalue weighted by Crippen LogP contribution is -2.35. The van der Waals surface area contributed by atoms with Crippen molar-refractivity contribution in [1.82, 2.24) is 20.3 Å². The molecule has 0 radical (unpaired) electrons. The predicted molar refractivity (Wildman–Crippen MR) is 80.3 cm³/mol. The molecule has 2 aromatic heterocycles. The van der Waals surface area contributed by atoms with E-state index in [9.17, 15) is 9.90 Å². The molecule has 22 heavy (non-hydrogen) atoms. The van der Waals surface area contributed by atoms with Gasteiger partial charge in [0.25, 0.3) is 0 Å². The van der Waals surface area contributed by atoms with Crippen molar-refractivity contribution in [2.75, 3.05) is 18.5 Å². The molecular weight excluding hydrogens is 286 g/mol. The molecule has 0 bridgehead atoms. The lowest BCUT2D eigenvalue weighted by atomic mass is 10.1. The molecule has 0 fully saturated rings. The average molecular weight is 307 g/mol. The van der Waals surface area contributed by atoms with Crippen molar-refractivity contribution in [3.8, 4) is 0 Å². The van der Waals surface area contributed by atoms with Gasteiger partial charge in [0.1, 0.15) is 5.76 Å². The molecule has 0 spiro atoms. The van der Waals surface area contributed by atoms with Crippen LogP contribution in [0, 0.1) is 5.92 Å². The second-order valence-electron chi connectivity index (χ2n) is 5.03. The fourth-order valence-corrected chi connectivity index (χ4v) is 2.01. The highest BCUT2D eigenvalue weighted by atomic mass is 16.3. The number of nitrogens with zero attached hydrogens (tertiary/aromatic N) is 3. The number of amides is 2. The summed E-state index contributed by atoms with van der Waals surface area (Å²) in [5.74, 6) is 1.08. The van der Waals surface area contributed by atoms with E-state index in [4.69, 9.17) is 4.42 Å². The Bertz CT molecular complexity index is 567. The molecule has 8 heteroatoms. The van der Waals surface area contributed by atoms with Crippen molar-refractivity contribution >= 4 is 11.8 Å². The van der Waals surface area contributed by atoms with Crippen LogP contribution in [-0.2, 0) is 13.0 Å². The molecule has 3 N–H and O–H groups in total. The Labute approximate surface area is 128 Å². The topological polar surface area (TPSA) is 105 Å². The number of carbonyl (C=O) groups excluding carboxylic acids is 1. The van der Waals surface area contributed by atoms with Gasteiger partial charge in [-0.2, -0.15) is 0 Å². The van der Waals surface area contributed by atoms with Gasteiger partial charge in [-0.3, -0.25) is 10.00 Å². The summed E-state index contributed by atoms with van der Waals surface area (Å²) in [6.45, 7) is 3.10. The third-order valence-corrected chi connectivity index (χ3v) is 3.11.